The zero-order valence-electron chi connectivity index (χ0n) is 14.4. The minimum Gasteiger partial charge on any atom is -0.304 e. The summed E-state index contributed by atoms with van der Waals surface area (Å²) in [6.07, 6.45) is 2.23. The van der Waals surface area contributed by atoms with Crippen molar-refractivity contribution in [1.82, 2.24) is 4.98 Å². The number of hydrogen-bond acceptors (Lipinski definition) is 4. The number of benzene rings is 2. The largest absolute Gasteiger partial charge is 0.304 e. The van der Waals surface area contributed by atoms with Crippen molar-refractivity contribution in [2.45, 2.75) is 12.7 Å². The highest BCUT2D eigenvalue weighted by Gasteiger charge is 2.30. The Morgan fingerprint density at radius 3 is 2.37 bits per heavy atom. The number of benzodiazepines with no additional fused rings is 1. The van der Waals surface area contributed by atoms with Crippen LogP contribution in [0.4, 0.5) is 10.1 Å². The van der Waals surface area contributed by atoms with Gasteiger partial charge < -0.3 is 10.6 Å². The number of fused-ring (bicyclic) bond motifs is 1. The molecular formula is C21H17FN4O. The molecule has 0 saturated heterocycles. The molecule has 1 aromatic heterocycles. The molecule has 0 bridgehead atoms. The summed E-state index contributed by atoms with van der Waals surface area (Å²) >= 11 is 0. The molecule has 0 unspecified atom stereocenters. The molecule has 0 saturated carbocycles. The van der Waals surface area contributed by atoms with E-state index in [-0.39, 0.29) is 5.91 Å². The fourth-order valence-corrected chi connectivity index (χ4v) is 3.15. The summed E-state index contributed by atoms with van der Waals surface area (Å²) in [5.74, 6) is -0.751. The lowest BCUT2D eigenvalue weighted by molar-refractivity contribution is -0.119. The lowest BCUT2D eigenvalue weighted by Gasteiger charge is -2.24. The number of para-hydroxylation sites is 1. The summed E-state index contributed by atoms with van der Waals surface area (Å²) in [5.41, 5.74) is 8.99. The Kier molecular flexibility index (Phi) is 4.48. The van der Waals surface area contributed by atoms with E-state index >= 15 is 0 Å². The van der Waals surface area contributed by atoms with Crippen molar-refractivity contribution < 1.29 is 9.18 Å². The van der Waals surface area contributed by atoms with Gasteiger partial charge >= 0.3 is 0 Å². The van der Waals surface area contributed by atoms with E-state index in [0.29, 0.717) is 29.1 Å². The van der Waals surface area contributed by atoms with Gasteiger partial charge in [-0.2, -0.15) is 0 Å². The molecular weight excluding hydrogens is 343 g/mol. The quantitative estimate of drug-likeness (QED) is 0.781. The van der Waals surface area contributed by atoms with Crippen molar-refractivity contribution in [3.8, 4) is 0 Å². The Morgan fingerprint density at radius 2 is 1.63 bits per heavy atom. The zero-order chi connectivity index (χ0) is 18.8. The van der Waals surface area contributed by atoms with E-state index in [2.05, 4.69) is 9.98 Å². The van der Waals surface area contributed by atoms with Crippen LogP contribution in [0.1, 0.15) is 16.7 Å². The lowest BCUT2D eigenvalue weighted by atomic mass is 9.99. The minimum atomic E-state index is -1.12. The molecule has 0 radical (unpaired) electrons. The summed E-state index contributed by atoms with van der Waals surface area (Å²) < 4.78 is 14.4. The topological polar surface area (TPSA) is 71.6 Å². The van der Waals surface area contributed by atoms with Crippen LogP contribution >= 0.6 is 0 Å². The number of aliphatic imine (C=N–C) groups is 1. The maximum atomic E-state index is 14.4. The molecule has 0 fully saturated rings. The van der Waals surface area contributed by atoms with Crippen molar-refractivity contribution in [2.24, 2.45) is 10.7 Å². The van der Waals surface area contributed by atoms with Gasteiger partial charge in [0.1, 0.15) is 5.82 Å². The highest BCUT2D eigenvalue weighted by molar-refractivity contribution is 6.20. The van der Waals surface area contributed by atoms with E-state index in [1.807, 2.05) is 36.4 Å². The summed E-state index contributed by atoms with van der Waals surface area (Å²) in [4.78, 5) is 22.9. The molecule has 4 rings (SSSR count). The minimum absolute atomic E-state index is 0.318. The standard InChI is InChI=1S/C21H17FN4O/c22-17-7-3-1-5-15(17)19-16-6-2-4-8-18(16)26(21(27)20(23)25-19)13-14-9-11-24-12-10-14/h1-12,20H,13,23H2/t20-/m0/s1. The molecule has 5 nitrogen and oxygen atoms in total. The van der Waals surface area contributed by atoms with Crippen LogP contribution in [-0.2, 0) is 11.3 Å². The van der Waals surface area contributed by atoms with Gasteiger partial charge in [0.25, 0.3) is 5.91 Å². The van der Waals surface area contributed by atoms with Crippen molar-refractivity contribution >= 4 is 17.3 Å². The monoisotopic (exact) mass is 360 g/mol. The maximum absolute atomic E-state index is 14.4. The highest BCUT2D eigenvalue weighted by Crippen LogP contribution is 2.29. The molecule has 1 aliphatic heterocycles. The van der Waals surface area contributed by atoms with Gasteiger partial charge in [-0.3, -0.25) is 14.8 Å². The number of amides is 1. The summed E-state index contributed by atoms with van der Waals surface area (Å²) in [6, 6.07) is 17.3. The Labute approximate surface area is 156 Å². The van der Waals surface area contributed by atoms with Crippen molar-refractivity contribution in [1.29, 1.82) is 0 Å². The number of aromatic nitrogens is 1. The number of rotatable bonds is 3. The molecule has 1 aliphatic rings. The molecule has 134 valence electrons. The van der Waals surface area contributed by atoms with Gasteiger partial charge in [-0.1, -0.05) is 30.3 Å². The maximum Gasteiger partial charge on any atom is 0.266 e. The average Bonchev–Trinajstić information content (AvgIpc) is 2.80. The molecule has 6 heteroatoms. The number of hydrogen-bond donors (Lipinski definition) is 1. The smallest absolute Gasteiger partial charge is 0.266 e. The van der Waals surface area contributed by atoms with Crippen LogP contribution < -0.4 is 10.6 Å². The van der Waals surface area contributed by atoms with E-state index in [0.717, 1.165) is 5.56 Å². The second-order valence-electron chi connectivity index (χ2n) is 6.20. The number of anilines is 1. The molecule has 2 aromatic carbocycles. The van der Waals surface area contributed by atoms with Gasteiger partial charge in [0.2, 0.25) is 0 Å². The van der Waals surface area contributed by atoms with Crippen LogP contribution in [0.15, 0.2) is 78.0 Å². The number of pyridine rings is 1. The SMILES string of the molecule is N[C@H]1N=C(c2ccccc2F)c2ccccc2N(Cc2ccncc2)C1=O. The number of nitrogens with zero attached hydrogens (tertiary/aromatic N) is 3. The van der Waals surface area contributed by atoms with Crippen molar-refractivity contribution in [3.05, 3.63) is 95.6 Å². The first-order valence-corrected chi connectivity index (χ1v) is 8.53. The van der Waals surface area contributed by atoms with Crippen LogP contribution in [0.2, 0.25) is 0 Å². The molecule has 0 aliphatic carbocycles. The van der Waals surface area contributed by atoms with Crippen molar-refractivity contribution in [2.75, 3.05) is 4.90 Å². The fraction of sp³-hybridized carbons (Fsp3) is 0.0952. The first-order chi connectivity index (χ1) is 13.1. The first-order valence-electron chi connectivity index (χ1n) is 8.53. The van der Waals surface area contributed by atoms with Gasteiger partial charge in [-0.15, -0.1) is 0 Å². The number of carbonyl (C=O) groups is 1. The third kappa shape index (κ3) is 3.22. The van der Waals surface area contributed by atoms with Crippen LogP contribution in [-0.4, -0.2) is 22.8 Å². The van der Waals surface area contributed by atoms with Crippen molar-refractivity contribution in [3.63, 3.8) is 0 Å². The van der Waals surface area contributed by atoms with Crippen LogP contribution in [0.5, 0.6) is 0 Å². The summed E-state index contributed by atoms with van der Waals surface area (Å²) in [6.45, 7) is 0.326. The molecule has 2 heterocycles. The van der Waals surface area contributed by atoms with E-state index in [1.54, 1.807) is 35.5 Å². The third-order valence-electron chi connectivity index (χ3n) is 4.46. The van der Waals surface area contributed by atoms with Gasteiger partial charge in [0, 0.05) is 23.5 Å². The number of nitrogens with two attached hydrogens (primary N) is 1. The van der Waals surface area contributed by atoms with Crippen LogP contribution in [0.3, 0.4) is 0 Å². The normalized spacial score (nSPS) is 16.5. The Balaban J connectivity index is 1.86. The third-order valence-corrected chi connectivity index (χ3v) is 4.46. The van der Waals surface area contributed by atoms with Gasteiger partial charge in [-0.25, -0.2) is 4.39 Å². The molecule has 27 heavy (non-hydrogen) atoms. The van der Waals surface area contributed by atoms with Crippen LogP contribution in [0.25, 0.3) is 0 Å². The predicted octanol–water partition coefficient (Wildman–Crippen LogP) is 2.89. The summed E-state index contributed by atoms with van der Waals surface area (Å²) in [5, 5.41) is 0. The lowest BCUT2D eigenvalue weighted by Crippen LogP contribution is -2.41. The Morgan fingerprint density at radius 1 is 0.963 bits per heavy atom. The molecule has 1 amide bonds. The van der Waals surface area contributed by atoms with Gasteiger partial charge in [0.05, 0.1) is 17.9 Å². The average molecular weight is 360 g/mol. The number of halogens is 1. The zero-order valence-corrected chi connectivity index (χ0v) is 14.4. The molecule has 3 aromatic rings. The molecule has 2 N–H and O–H groups in total. The Bertz CT molecular complexity index is 1020. The Hall–Kier alpha value is -3.38. The van der Waals surface area contributed by atoms with E-state index < -0.39 is 12.0 Å². The second kappa shape index (κ2) is 7.09. The first kappa shape index (κ1) is 17.1. The highest BCUT2D eigenvalue weighted by atomic mass is 19.1. The van der Waals surface area contributed by atoms with Gasteiger partial charge in [0.15, 0.2) is 6.17 Å². The predicted molar refractivity (Wildman–Crippen MR) is 102 cm³/mol. The summed E-state index contributed by atoms with van der Waals surface area (Å²) in [7, 11) is 0. The van der Waals surface area contributed by atoms with Crippen LogP contribution in [0, 0.1) is 5.82 Å². The van der Waals surface area contributed by atoms with E-state index in [1.165, 1.54) is 6.07 Å². The molecule has 0 spiro atoms. The van der Waals surface area contributed by atoms with Gasteiger partial charge in [-0.05, 0) is 35.9 Å². The molecule has 1 atom stereocenters. The fourth-order valence-electron chi connectivity index (χ4n) is 3.15. The second-order valence-corrected chi connectivity index (χ2v) is 6.20. The number of carbonyl (C=O) groups excluding carboxylic acids is 1. The van der Waals surface area contributed by atoms with E-state index in [4.69, 9.17) is 5.73 Å². The van der Waals surface area contributed by atoms with E-state index in [9.17, 15) is 9.18 Å².